The van der Waals surface area contributed by atoms with Gasteiger partial charge >= 0.3 is 5.97 Å². The van der Waals surface area contributed by atoms with E-state index in [1.165, 1.54) is 7.11 Å². The van der Waals surface area contributed by atoms with Crippen molar-refractivity contribution in [2.75, 3.05) is 7.11 Å². The first-order chi connectivity index (χ1) is 6.74. The first-order valence-corrected chi connectivity index (χ1v) is 4.25. The Bertz CT molecular complexity index is 488. The van der Waals surface area contributed by atoms with Gasteiger partial charge in [0.1, 0.15) is 0 Å². The standard InChI is InChI=1S/C10H10N2O2/c1-6-7(10(13)14-2)3-4-8-9(6)12-5-11-8/h3-5H,1-2H3,(H,11,12). The summed E-state index contributed by atoms with van der Waals surface area (Å²) < 4.78 is 4.67. The molecule has 2 aromatic rings. The highest BCUT2D eigenvalue weighted by Crippen LogP contribution is 2.18. The Balaban J connectivity index is 2.67. The van der Waals surface area contributed by atoms with E-state index in [0.717, 1.165) is 16.6 Å². The van der Waals surface area contributed by atoms with Crippen molar-refractivity contribution < 1.29 is 9.53 Å². The molecule has 0 fully saturated rings. The number of aromatic nitrogens is 2. The Kier molecular flexibility index (Phi) is 1.96. The SMILES string of the molecule is COC(=O)c1ccc2[nH]cnc2c1C. The minimum Gasteiger partial charge on any atom is -0.465 e. The summed E-state index contributed by atoms with van der Waals surface area (Å²) in [6.45, 7) is 1.86. The van der Waals surface area contributed by atoms with Crippen LogP contribution in [0.25, 0.3) is 11.0 Å². The van der Waals surface area contributed by atoms with Crippen LogP contribution < -0.4 is 0 Å². The van der Waals surface area contributed by atoms with E-state index >= 15 is 0 Å². The van der Waals surface area contributed by atoms with Crippen molar-refractivity contribution in [2.45, 2.75) is 6.92 Å². The second-order valence-electron chi connectivity index (χ2n) is 3.03. The molecule has 0 aliphatic heterocycles. The van der Waals surface area contributed by atoms with Gasteiger partial charge in [0.25, 0.3) is 0 Å². The number of imidazole rings is 1. The first kappa shape index (κ1) is 8.74. The fourth-order valence-electron chi connectivity index (χ4n) is 1.48. The lowest BCUT2D eigenvalue weighted by Crippen LogP contribution is -2.03. The summed E-state index contributed by atoms with van der Waals surface area (Å²) in [4.78, 5) is 18.5. The summed E-state index contributed by atoms with van der Waals surface area (Å²) in [5, 5.41) is 0. The van der Waals surface area contributed by atoms with Crippen LogP contribution >= 0.6 is 0 Å². The number of nitrogens with one attached hydrogen (secondary N) is 1. The average molecular weight is 190 g/mol. The van der Waals surface area contributed by atoms with Crippen LogP contribution in [0.1, 0.15) is 15.9 Å². The van der Waals surface area contributed by atoms with Crippen molar-refractivity contribution in [1.82, 2.24) is 9.97 Å². The van der Waals surface area contributed by atoms with Crippen LogP contribution in [0, 0.1) is 6.92 Å². The molecule has 0 bridgehead atoms. The largest absolute Gasteiger partial charge is 0.465 e. The van der Waals surface area contributed by atoms with Gasteiger partial charge in [-0.05, 0) is 24.6 Å². The number of aryl methyl sites for hydroxylation is 1. The number of ether oxygens (including phenoxy) is 1. The molecular formula is C10H10N2O2. The van der Waals surface area contributed by atoms with Crippen molar-refractivity contribution in [3.05, 3.63) is 29.6 Å². The molecule has 14 heavy (non-hydrogen) atoms. The van der Waals surface area contributed by atoms with Crippen LogP contribution in [-0.2, 0) is 4.74 Å². The smallest absolute Gasteiger partial charge is 0.338 e. The predicted octanol–water partition coefficient (Wildman–Crippen LogP) is 1.66. The number of esters is 1. The third-order valence-electron chi connectivity index (χ3n) is 2.25. The number of H-pyrrole nitrogens is 1. The van der Waals surface area contributed by atoms with Gasteiger partial charge in [0.05, 0.1) is 30.0 Å². The Morgan fingerprint density at radius 1 is 1.50 bits per heavy atom. The molecule has 0 spiro atoms. The number of hydrogen-bond donors (Lipinski definition) is 1. The maximum absolute atomic E-state index is 11.3. The number of fused-ring (bicyclic) bond motifs is 1. The van der Waals surface area contributed by atoms with Gasteiger partial charge in [-0.2, -0.15) is 0 Å². The zero-order chi connectivity index (χ0) is 10.1. The second kappa shape index (κ2) is 3.14. The molecule has 0 aliphatic rings. The van der Waals surface area contributed by atoms with Gasteiger partial charge in [-0.3, -0.25) is 0 Å². The molecule has 0 unspecified atom stereocenters. The van der Waals surface area contributed by atoms with Gasteiger partial charge < -0.3 is 9.72 Å². The molecule has 0 radical (unpaired) electrons. The number of carbonyl (C=O) groups excluding carboxylic acids is 1. The van der Waals surface area contributed by atoms with Crippen molar-refractivity contribution in [3.63, 3.8) is 0 Å². The molecule has 0 atom stereocenters. The van der Waals surface area contributed by atoms with E-state index < -0.39 is 0 Å². The van der Waals surface area contributed by atoms with Gasteiger partial charge in [0.15, 0.2) is 0 Å². The number of nitrogens with zero attached hydrogens (tertiary/aromatic N) is 1. The van der Waals surface area contributed by atoms with Gasteiger partial charge in [-0.1, -0.05) is 0 Å². The second-order valence-corrected chi connectivity index (χ2v) is 3.03. The third kappa shape index (κ3) is 1.16. The van der Waals surface area contributed by atoms with Gasteiger partial charge in [0.2, 0.25) is 0 Å². The number of aromatic amines is 1. The van der Waals surface area contributed by atoms with Gasteiger partial charge in [-0.25, -0.2) is 9.78 Å². The molecule has 0 amide bonds. The number of carbonyl (C=O) groups is 1. The van der Waals surface area contributed by atoms with Crippen LogP contribution in [-0.4, -0.2) is 23.0 Å². The lowest BCUT2D eigenvalue weighted by molar-refractivity contribution is 0.0600. The lowest BCUT2D eigenvalue weighted by atomic mass is 10.1. The number of benzene rings is 1. The monoisotopic (exact) mass is 190 g/mol. The zero-order valence-electron chi connectivity index (χ0n) is 8.00. The molecule has 4 heteroatoms. The van der Waals surface area contributed by atoms with E-state index in [0.29, 0.717) is 5.56 Å². The Morgan fingerprint density at radius 3 is 3.00 bits per heavy atom. The summed E-state index contributed by atoms with van der Waals surface area (Å²) in [5.74, 6) is -0.326. The summed E-state index contributed by atoms with van der Waals surface area (Å²) in [6, 6.07) is 3.56. The van der Waals surface area contributed by atoms with Crippen LogP contribution in [0.2, 0.25) is 0 Å². The third-order valence-corrected chi connectivity index (χ3v) is 2.25. The maximum atomic E-state index is 11.3. The number of methoxy groups -OCH3 is 1. The Morgan fingerprint density at radius 2 is 2.29 bits per heavy atom. The minimum atomic E-state index is -0.326. The highest BCUT2D eigenvalue weighted by atomic mass is 16.5. The van der Waals surface area contributed by atoms with Crippen LogP contribution in [0.3, 0.4) is 0 Å². The highest BCUT2D eigenvalue weighted by molar-refractivity contribution is 5.96. The zero-order valence-corrected chi connectivity index (χ0v) is 8.00. The topological polar surface area (TPSA) is 55.0 Å². The average Bonchev–Trinajstić information content (AvgIpc) is 2.66. The minimum absolute atomic E-state index is 0.326. The molecule has 0 saturated carbocycles. The van der Waals surface area contributed by atoms with Crippen LogP contribution in [0.4, 0.5) is 0 Å². The van der Waals surface area contributed by atoms with E-state index in [2.05, 4.69) is 14.7 Å². The van der Waals surface area contributed by atoms with Crippen molar-refractivity contribution in [1.29, 1.82) is 0 Å². The normalized spacial score (nSPS) is 10.4. The van der Waals surface area contributed by atoms with Crippen LogP contribution in [0.5, 0.6) is 0 Å². The van der Waals surface area contributed by atoms with E-state index in [4.69, 9.17) is 0 Å². The van der Waals surface area contributed by atoms with E-state index in [1.807, 2.05) is 13.0 Å². The molecular weight excluding hydrogens is 180 g/mol. The molecule has 1 aromatic carbocycles. The number of rotatable bonds is 1. The van der Waals surface area contributed by atoms with E-state index in [-0.39, 0.29) is 5.97 Å². The molecule has 1 heterocycles. The first-order valence-electron chi connectivity index (χ1n) is 4.25. The Hall–Kier alpha value is -1.84. The molecule has 1 N–H and O–H groups in total. The maximum Gasteiger partial charge on any atom is 0.338 e. The molecule has 0 aliphatic carbocycles. The predicted molar refractivity (Wildman–Crippen MR) is 52.2 cm³/mol. The number of hydrogen-bond acceptors (Lipinski definition) is 3. The van der Waals surface area contributed by atoms with E-state index in [1.54, 1.807) is 12.4 Å². The molecule has 0 saturated heterocycles. The van der Waals surface area contributed by atoms with Gasteiger partial charge in [0, 0.05) is 0 Å². The Labute approximate surface area is 80.9 Å². The van der Waals surface area contributed by atoms with E-state index in [9.17, 15) is 4.79 Å². The highest BCUT2D eigenvalue weighted by Gasteiger charge is 2.12. The summed E-state index contributed by atoms with van der Waals surface area (Å²) in [6.07, 6.45) is 1.61. The fourth-order valence-corrected chi connectivity index (χ4v) is 1.48. The molecule has 72 valence electrons. The molecule has 2 rings (SSSR count). The fraction of sp³-hybridized carbons (Fsp3) is 0.200. The summed E-state index contributed by atoms with van der Waals surface area (Å²) in [7, 11) is 1.37. The molecule has 1 aromatic heterocycles. The summed E-state index contributed by atoms with van der Waals surface area (Å²) >= 11 is 0. The van der Waals surface area contributed by atoms with Crippen molar-refractivity contribution in [3.8, 4) is 0 Å². The summed E-state index contributed by atoms with van der Waals surface area (Å²) in [5.41, 5.74) is 3.14. The van der Waals surface area contributed by atoms with Crippen LogP contribution in [0.15, 0.2) is 18.5 Å². The lowest BCUT2D eigenvalue weighted by Gasteiger charge is -2.03. The van der Waals surface area contributed by atoms with Gasteiger partial charge in [-0.15, -0.1) is 0 Å². The quantitative estimate of drug-likeness (QED) is 0.696. The van der Waals surface area contributed by atoms with Crippen molar-refractivity contribution in [2.24, 2.45) is 0 Å². The molecule has 4 nitrogen and oxygen atoms in total. The van der Waals surface area contributed by atoms with Crippen molar-refractivity contribution >= 4 is 17.0 Å².